The van der Waals surface area contributed by atoms with E-state index in [-0.39, 0.29) is 5.75 Å². The van der Waals surface area contributed by atoms with Gasteiger partial charge in [0.2, 0.25) is 0 Å². The third-order valence-corrected chi connectivity index (χ3v) is 5.60. The van der Waals surface area contributed by atoms with E-state index in [1.165, 1.54) is 45.1 Å². The van der Waals surface area contributed by atoms with Gasteiger partial charge in [0.15, 0.2) is 0 Å². The number of carboxylic acids is 1. The van der Waals surface area contributed by atoms with Crippen LogP contribution in [0.25, 0.3) is 11.1 Å². The van der Waals surface area contributed by atoms with Gasteiger partial charge in [-0.1, -0.05) is 35.9 Å². The molecular formula is C24H25NO2S. The van der Waals surface area contributed by atoms with Crippen molar-refractivity contribution in [3.05, 3.63) is 82.9 Å². The Bertz CT molecular complexity index is 957. The fourth-order valence-corrected chi connectivity index (χ4v) is 4.11. The Morgan fingerprint density at radius 3 is 2.29 bits per heavy atom. The van der Waals surface area contributed by atoms with Crippen molar-refractivity contribution in [1.82, 2.24) is 0 Å². The predicted octanol–water partition coefficient (Wildman–Crippen LogP) is 6.07. The maximum Gasteiger partial charge on any atom is 0.313 e. The molecule has 0 aromatic heterocycles. The molecule has 0 saturated heterocycles. The van der Waals surface area contributed by atoms with Gasteiger partial charge in [-0.15, -0.1) is 11.8 Å². The number of thioether (sulfide) groups is 1. The number of nitrogens with one attached hydrogen (secondary N) is 1. The van der Waals surface area contributed by atoms with Crippen LogP contribution in [0.15, 0.2) is 65.6 Å². The number of aliphatic carboxylic acids is 1. The summed E-state index contributed by atoms with van der Waals surface area (Å²) < 4.78 is 0. The van der Waals surface area contributed by atoms with Crippen LogP contribution < -0.4 is 5.32 Å². The monoisotopic (exact) mass is 391 g/mol. The average molecular weight is 392 g/mol. The summed E-state index contributed by atoms with van der Waals surface area (Å²) in [5.41, 5.74) is 8.70. The molecule has 3 rings (SSSR count). The molecule has 0 fully saturated rings. The number of hydrogen-bond acceptors (Lipinski definition) is 3. The second kappa shape index (κ2) is 8.98. The predicted molar refractivity (Wildman–Crippen MR) is 118 cm³/mol. The number of benzene rings is 3. The zero-order chi connectivity index (χ0) is 20.1. The minimum absolute atomic E-state index is 0.0808. The van der Waals surface area contributed by atoms with E-state index in [4.69, 9.17) is 5.11 Å². The summed E-state index contributed by atoms with van der Waals surface area (Å²) in [6.45, 7) is 7.21. The van der Waals surface area contributed by atoms with Crippen LogP contribution in [0.5, 0.6) is 0 Å². The summed E-state index contributed by atoms with van der Waals surface area (Å²) in [6.07, 6.45) is 0. The van der Waals surface area contributed by atoms with Gasteiger partial charge in [-0.05, 0) is 78.9 Å². The number of aryl methyl sites for hydroxylation is 3. The van der Waals surface area contributed by atoms with Crippen molar-refractivity contribution in [2.75, 3.05) is 11.1 Å². The lowest BCUT2D eigenvalue weighted by Gasteiger charge is -2.13. The summed E-state index contributed by atoms with van der Waals surface area (Å²) in [6, 6.07) is 21.0. The second-order valence-corrected chi connectivity index (χ2v) is 8.08. The van der Waals surface area contributed by atoms with Gasteiger partial charge in [-0.3, -0.25) is 4.79 Å². The molecular weight excluding hydrogens is 366 g/mol. The summed E-state index contributed by atoms with van der Waals surface area (Å²) >= 11 is 1.33. The van der Waals surface area contributed by atoms with Crippen molar-refractivity contribution in [2.24, 2.45) is 0 Å². The lowest BCUT2D eigenvalue weighted by Crippen LogP contribution is -2.00. The van der Waals surface area contributed by atoms with E-state index in [2.05, 4.69) is 62.5 Å². The lowest BCUT2D eigenvalue weighted by molar-refractivity contribution is -0.133. The van der Waals surface area contributed by atoms with Gasteiger partial charge in [0, 0.05) is 17.1 Å². The van der Waals surface area contributed by atoms with E-state index >= 15 is 0 Å². The number of carboxylic acid groups (broad SMARTS) is 1. The third kappa shape index (κ3) is 5.17. The van der Waals surface area contributed by atoms with E-state index in [0.717, 1.165) is 17.1 Å². The SMILES string of the molecule is Cc1cc(C)c(-c2cccc(CNc3ccc(SCC(=O)O)cc3)c2)c(C)c1. The molecule has 0 aliphatic heterocycles. The molecule has 28 heavy (non-hydrogen) atoms. The van der Waals surface area contributed by atoms with Crippen LogP contribution in [0, 0.1) is 20.8 Å². The van der Waals surface area contributed by atoms with Crippen LogP contribution in [0.2, 0.25) is 0 Å². The van der Waals surface area contributed by atoms with Crippen molar-refractivity contribution in [1.29, 1.82) is 0 Å². The highest BCUT2D eigenvalue weighted by Gasteiger charge is 2.07. The number of anilines is 1. The van der Waals surface area contributed by atoms with Crippen LogP contribution in [-0.4, -0.2) is 16.8 Å². The molecule has 0 unspecified atom stereocenters. The first-order valence-electron chi connectivity index (χ1n) is 9.28. The first-order valence-corrected chi connectivity index (χ1v) is 10.3. The van der Waals surface area contributed by atoms with E-state index in [1.807, 2.05) is 24.3 Å². The molecule has 4 heteroatoms. The van der Waals surface area contributed by atoms with Crippen molar-refractivity contribution < 1.29 is 9.90 Å². The fraction of sp³-hybridized carbons (Fsp3) is 0.208. The first-order chi connectivity index (χ1) is 13.4. The van der Waals surface area contributed by atoms with Crippen LogP contribution in [-0.2, 0) is 11.3 Å². The van der Waals surface area contributed by atoms with Crippen molar-refractivity contribution in [3.63, 3.8) is 0 Å². The van der Waals surface area contributed by atoms with Gasteiger partial charge in [0.1, 0.15) is 0 Å². The molecule has 0 aliphatic carbocycles. The smallest absolute Gasteiger partial charge is 0.313 e. The van der Waals surface area contributed by atoms with Crippen LogP contribution in [0.3, 0.4) is 0 Å². The Balaban J connectivity index is 1.69. The van der Waals surface area contributed by atoms with Gasteiger partial charge in [-0.25, -0.2) is 0 Å². The molecule has 2 N–H and O–H groups in total. The highest BCUT2D eigenvalue weighted by Crippen LogP contribution is 2.29. The summed E-state index contributed by atoms with van der Waals surface area (Å²) in [4.78, 5) is 11.6. The molecule has 3 aromatic rings. The average Bonchev–Trinajstić information content (AvgIpc) is 2.65. The van der Waals surface area contributed by atoms with Crippen molar-refractivity contribution in [2.45, 2.75) is 32.2 Å². The highest BCUT2D eigenvalue weighted by atomic mass is 32.2. The summed E-state index contributed by atoms with van der Waals surface area (Å²) in [5, 5.41) is 12.2. The maximum atomic E-state index is 10.7. The van der Waals surface area contributed by atoms with Crippen molar-refractivity contribution in [3.8, 4) is 11.1 Å². The Hall–Kier alpha value is -2.72. The highest BCUT2D eigenvalue weighted by molar-refractivity contribution is 8.00. The lowest BCUT2D eigenvalue weighted by atomic mass is 9.93. The van der Waals surface area contributed by atoms with E-state index < -0.39 is 5.97 Å². The van der Waals surface area contributed by atoms with Gasteiger partial charge >= 0.3 is 5.97 Å². The minimum atomic E-state index is -0.800. The van der Waals surface area contributed by atoms with Crippen LogP contribution in [0.4, 0.5) is 5.69 Å². The molecule has 3 aromatic carbocycles. The Morgan fingerprint density at radius 1 is 0.964 bits per heavy atom. The Morgan fingerprint density at radius 2 is 1.64 bits per heavy atom. The molecule has 0 spiro atoms. The second-order valence-electron chi connectivity index (χ2n) is 7.03. The quantitative estimate of drug-likeness (QED) is 0.480. The zero-order valence-electron chi connectivity index (χ0n) is 16.5. The van der Waals surface area contributed by atoms with E-state index in [1.54, 1.807) is 0 Å². The Kier molecular flexibility index (Phi) is 6.42. The Labute approximate surface area is 170 Å². The largest absolute Gasteiger partial charge is 0.481 e. The third-order valence-electron chi connectivity index (χ3n) is 4.61. The van der Waals surface area contributed by atoms with E-state index in [0.29, 0.717) is 0 Å². The molecule has 0 heterocycles. The molecule has 0 radical (unpaired) electrons. The van der Waals surface area contributed by atoms with Crippen molar-refractivity contribution >= 4 is 23.4 Å². The summed E-state index contributed by atoms with van der Waals surface area (Å²) in [7, 11) is 0. The molecule has 144 valence electrons. The normalized spacial score (nSPS) is 10.7. The molecule has 0 atom stereocenters. The molecule has 0 amide bonds. The molecule has 3 nitrogen and oxygen atoms in total. The van der Waals surface area contributed by atoms with Gasteiger partial charge in [0.05, 0.1) is 5.75 Å². The topological polar surface area (TPSA) is 49.3 Å². The van der Waals surface area contributed by atoms with Crippen LogP contribution in [0.1, 0.15) is 22.3 Å². The fourth-order valence-electron chi connectivity index (χ4n) is 3.49. The standard InChI is InChI=1S/C24H25NO2S/c1-16-11-17(2)24(18(3)12-16)20-6-4-5-19(13-20)14-25-21-7-9-22(10-8-21)28-15-23(26)27/h4-13,25H,14-15H2,1-3H3,(H,26,27). The number of rotatable bonds is 7. The van der Waals surface area contributed by atoms with Gasteiger partial charge in [-0.2, -0.15) is 0 Å². The van der Waals surface area contributed by atoms with Crippen LogP contribution >= 0.6 is 11.8 Å². The number of carbonyl (C=O) groups is 1. The maximum absolute atomic E-state index is 10.7. The first kappa shape index (κ1) is 20.0. The van der Waals surface area contributed by atoms with E-state index in [9.17, 15) is 4.79 Å². The van der Waals surface area contributed by atoms with Gasteiger partial charge < -0.3 is 10.4 Å². The number of hydrogen-bond donors (Lipinski definition) is 2. The van der Waals surface area contributed by atoms with Gasteiger partial charge in [0.25, 0.3) is 0 Å². The zero-order valence-corrected chi connectivity index (χ0v) is 17.3. The molecule has 0 saturated carbocycles. The minimum Gasteiger partial charge on any atom is -0.481 e. The summed E-state index contributed by atoms with van der Waals surface area (Å²) in [5.74, 6) is -0.719. The molecule has 0 aliphatic rings. The molecule has 0 bridgehead atoms.